The molecule has 1 N–H and O–H groups in total. The maximum Gasteiger partial charge on any atom is 0.0644 e. The Balaban J connectivity index is 1.96. The molecule has 0 spiro atoms. The van der Waals surface area contributed by atoms with Crippen LogP contribution in [0.5, 0.6) is 0 Å². The Morgan fingerprint density at radius 1 is 1.39 bits per heavy atom. The first-order valence-corrected chi connectivity index (χ1v) is 7.77. The van der Waals surface area contributed by atoms with Gasteiger partial charge in [-0.3, -0.25) is 0 Å². The van der Waals surface area contributed by atoms with Crippen molar-refractivity contribution in [3.63, 3.8) is 0 Å². The number of hydrogen-bond donors (Lipinski definition) is 1. The van der Waals surface area contributed by atoms with Crippen molar-refractivity contribution in [3.05, 3.63) is 20.8 Å². The van der Waals surface area contributed by atoms with Crippen LogP contribution in [0, 0.1) is 0 Å². The van der Waals surface area contributed by atoms with Gasteiger partial charge in [0.15, 0.2) is 0 Å². The zero-order valence-corrected chi connectivity index (χ0v) is 13.7. The van der Waals surface area contributed by atoms with Crippen LogP contribution in [0.2, 0.25) is 0 Å². The highest BCUT2D eigenvalue weighted by atomic mass is 79.9. The lowest BCUT2D eigenvalue weighted by molar-refractivity contribution is -0.00936. The summed E-state index contributed by atoms with van der Waals surface area (Å²) >= 11 is 5.20. The maximum atomic E-state index is 5.57. The largest absolute Gasteiger partial charge is 0.380 e. The Labute approximate surface area is 122 Å². The maximum absolute atomic E-state index is 5.57. The summed E-state index contributed by atoms with van der Waals surface area (Å²) < 4.78 is 12.0. The Hall–Kier alpha value is 0.0600. The number of hydrogen-bond acceptors (Lipinski definition) is 4. The summed E-state index contributed by atoms with van der Waals surface area (Å²) in [5.41, 5.74) is -0.0866. The van der Waals surface area contributed by atoms with Crippen LogP contribution in [0.1, 0.15) is 25.1 Å². The van der Waals surface area contributed by atoms with E-state index in [1.165, 1.54) is 4.88 Å². The summed E-state index contributed by atoms with van der Waals surface area (Å²) in [6.45, 7) is 7.41. The quantitative estimate of drug-likeness (QED) is 0.701. The summed E-state index contributed by atoms with van der Waals surface area (Å²) in [6.07, 6.45) is 0.918. The van der Waals surface area contributed by atoms with E-state index in [2.05, 4.69) is 46.5 Å². The van der Waals surface area contributed by atoms with Crippen molar-refractivity contribution in [2.75, 3.05) is 26.9 Å². The molecule has 5 heteroatoms. The second kappa shape index (κ2) is 8.27. The Morgan fingerprint density at radius 3 is 2.78 bits per heavy atom. The minimum atomic E-state index is -0.0866. The molecule has 0 saturated carbocycles. The molecule has 0 aliphatic rings. The molecule has 1 aromatic rings. The standard InChI is InChI=1S/C13H22BrNO2S/c1-13(2,16-3)4-6-17-7-5-15-9-12-8-11(14)10-18-12/h8,10,15H,4-7,9H2,1-3H3. The molecule has 0 radical (unpaired) electrons. The van der Waals surface area contributed by atoms with Crippen LogP contribution < -0.4 is 5.32 Å². The molecule has 0 unspecified atom stereocenters. The molecule has 0 aromatic carbocycles. The molecule has 0 atom stereocenters. The van der Waals surface area contributed by atoms with E-state index in [9.17, 15) is 0 Å². The predicted molar refractivity (Wildman–Crippen MR) is 80.2 cm³/mol. The highest BCUT2D eigenvalue weighted by Gasteiger charge is 2.15. The molecule has 1 aromatic heterocycles. The summed E-state index contributed by atoms with van der Waals surface area (Å²) in [5.74, 6) is 0. The molecular formula is C13H22BrNO2S. The zero-order valence-electron chi connectivity index (χ0n) is 11.3. The fraction of sp³-hybridized carbons (Fsp3) is 0.692. The lowest BCUT2D eigenvalue weighted by atomic mass is 10.1. The number of rotatable bonds is 9. The molecular weight excluding hydrogens is 314 g/mol. The van der Waals surface area contributed by atoms with Crippen LogP contribution in [0.3, 0.4) is 0 Å². The molecule has 18 heavy (non-hydrogen) atoms. The molecule has 0 bridgehead atoms. The van der Waals surface area contributed by atoms with Gasteiger partial charge < -0.3 is 14.8 Å². The van der Waals surface area contributed by atoms with Gasteiger partial charge in [0, 0.05) is 41.5 Å². The van der Waals surface area contributed by atoms with Crippen LogP contribution in [0.25, 0.3) is 0 Å². The van der Waals surface area contributed by atoms with E-state index in [1.54, 1.807) is 18.4 Å². The normalized spacial score (nSPS) is 12.0. The summed E-state index contributed by atoms with van der Waals surface area (Å²) in [5, 5.41) is 5.46. The van der Waals surface area contributed by atoms with Crippen LogP contribution in [0.4, 0.5) is 0 Å². The van der Waals surface area contributed by atoms with Crippen molar-refractivity contribution in [2.24, 2.45) is 0 Å². The van der Waals surface area contributed by atoms with E-state index in [0.29, 0.717) is 0 Å². The number of ether oxygens (including phenoxy) is 2. The summed E-state index contributed by atoms with van der Waals surface area (Å²) in [7, 11) is 1.74. The fourth-order valence-electron chi connectivity index (χ4n) is 1.32. The van der Waals surface area contributed by atoms with Crippen LogP contribution >= 0.6 is 27.3 Å². The Bertz CT molecular complexity index is 341. The molecule has 0 amide bonds. The first kappa shape index (κ1) is 16.1. The highest BCUT2D eigenvalue weighted by Crippen LogP contribution is 2.19. The minimum Gasteiger partial charge on any atom is -0.380 e. The Morgan fingerprint density at radius 2 is 2.17 bits per heavy atom. The molecule has 0 saturated heterocycles. The van der Waals surface area contributed by atoms with Gasteiger partial charge >= 0.3 is 0 Å². The van der Waals surface area contributed by atoms with Gasteiger partial charge in [-0.15, -0.1) is 11.3 Å². The van der Waals surface area contributed by atoms with Gasteiger partial charge in [-0.05, 0) is 42.3 Å². The van der Waals surface area contributed by atoms with E-state index >= 15 is 0 Å². The second-order valence-electron chi connectivity index (χ2n) is 4.73. The number of halogens is 1. The van der Waals surface area contributed by atoms with Crippen LogP contribution in [-0.4, -0.2) is 32.5 Å². The lowest BCUT2D eigenvalue weighted by Crippen LogP contribution is -2.25. The third-order valence-electron chi connectivity index (χ3n) is 2.75. The van der Waals surface area contributed by atoms with Crippen LogP contribution in [0.15, 0.2) is 15.9 Å². The minimum absolute atomic E-state index is 0.0866. The second-order valence-corrected chi connectivity index (χ2v) is 6.65. The van der Waals surface area contributed by atoms with Crippen molar-refractivity contribution < 1.29 is 9.47 Å². The smallest absolute Gasteiger partial charge is 0.0644 e. The van der Waals surface area contributed by atoms with Gasteiger partial charge in [0.05, 0.1) is 12.2 Å². The molecule has 0 fully saturated rings. The average molecular weight is 336 g/mol. The third kappa shape index (κ3) is 6.85. The molecule has 3 nitrogen and oxygen atoms in total. The van der Waals surface area contributed by atoms with Crippen molar-refractivity contribution in [3.8, 4) is 0 Å². The van der Waals surface area contributed by atoms with Gasteiger partial charge in [-0.25, -0.2) is 0 Å². The van der Waals surface area contributed by atoms with Crippen molar-refractivity contribution >= 4 is 27.3 Å². The van der Waals surface area contributed by atoms with E-state index < -0.39 is 0 Å². The monoisotopic (exact) mass is 335 g/mol. The van der Waals surface area contributed by atoms with E-state index in [0.717, 1.165) is 37.2 Å². The predicted octanol–water partition coefficient (Wildman–Crippen LogP) is 3.43. The topological polar surface area (TPSA) is 30.5 Å². The summed E-state index contributed by atoms with van der Waals surface area (Å²) in [6, 6.07) is 2.14. The van der Waals surface area contributed by atoms with E-state index in [-0.39, 0.29) is 5.60 Å². The van der Waals surface area contributed by atoms with Crippen LogP contribution in [-0.2, 0) is 16.0 Å². The molecule has 0 aliphatic heterocycles. The molecule has 0 aliphatic carbocycles. The number of thiophene rings is 1. The van der Waals surface area contributed by atoms with Gasteiger partial charge in [-0.2, -0.15) is 0 Å². The van der Waals surface area contributed by atoms with Crippen molar-refractivity contribution in [1.82, 2.24) is 5.32 Å². The van der Waals surface area contributed by atoms with E-state index in [1.807, 2.05) is 0 Å². The van der Waals surface area contributed by atoms with Crippen molar-refractivity contribution in [2.45, 2.75) is 32.4 Å². The highest BCUT2D eigenvalue weighted by molar-refractivity contribution is 9.10. The fourth-order valence-corrected chi connectivity index (χ4v) is 2.75. The SMILES string of the molecule is COC(C)(C)CCOCCNCc1cc(Br)cs1. The van der Waals surface area contributed by atoms with Gasteiger partial charge in [0.1, 0.15) is 0 Å². The first-order valence-electron chi connectivity index (χ1n) is 6.10. The number of methoxy groups -OCH3 is 1. The van der Waals surface area contributed by atoms with Gasteiger partial charge in [0.2, 0.25) is 0 Å². The molecule has 1 rings (SSSR count). The number of nitrogens with one attached hydrogen (secondary N) is 1. The van der Waals surface area contributed by atoms with Gasteiger partial charge in [0.25, 0.3) is 0 Å². The van der Waals surface area contributed by atoms with Gasteiger partial charge in [-0.1, -0.05) is 0 Å². The Kier molecular flexibility index (Phi) is 7.41. The third-order valence-corrected chi connectivity index (χ3v) is 4.44. The lowest BCUT2D eigenvalue weighted by Gasteiger charge is -2.22. The summed E-state index contributed by atoms with van der Waals surface area (Å²) in [4.78, 5) is 1.34. The van der Waals surface area contributed by atoms with Crippen molar-refractivity contribution in [1.29, 1.82) is 0 Å². The first-order chi connectivity index (χ1) is 8.53. The zero-order chi connectivity index (χ0) is 13.4. The molecule has 1 heterocycles. The molecule has 104 valence electrons. The average Bonchev–Trinajstić information content (AvgIpc) is 2.74. The van der Waals surface area contributed by atoms with E-state index in [4.69, 9.17) is 9.47 Å².